The first-order valence-electron chi connectivity index (χ1n) is 9.70. The van der Waals surface area contributed by atoms with Gasteiger partial charge in [0.25, 0.3) is 0 Å². The molecule has 1 aromatic heterocycles. The van der Waals surface area contributed by atoms with Gasteiger partial charge >= 0.3 is 0 Å². The van der Waals surface area contributed by atoms with E-state index in [0.29, 0.717) is 37.5 Å². The van der Waals surface area contributed by atoms with Crippen LogP contribution in [0.15, 0.2) is 9.42 Å². The van der Waals surface area contributed by atoms with Gasteiger partial charge in [-0.15, -0.1) is 0 Å². The Labute approximate surface area is 161 Å². The monoisotopic (exact) mass is 398 g/mol. The van der Waals surface area contributed by atoms with E-state index in [-0.39, 0.29) is 16.6 Å². The third-order valence-electron chi connectivity index (χ3n) is 5.83. The SMILES string of the molecule is CNCC1CCN(C(=O)C2(NS(=O)(=O)c3c(C)noc3C)CCCC2)CC1. The summed E-state index contributed by atoms with van der Waals surface area (Å²) >= 11 is 0. The summed E-state index contributed by atoms with van der Waals surface area (Å²) in [5.74, 6) is 0.726. The zero-order valence-corrected chi connectivity index (χ0v) is 17.2. The van der Waals surface area contributed by atoms with Gasteiger partial charge in [0.05, 0.1) is 0 Å². The maximum atomic E-state index is 13.3. The van der Waals surface area contributed by atoms with Crippen molar-refractivity contribution in [3.63, 3.8) is 0 Å². The molecule has 8 nitrogen and oxygen atoms in total. The van der Waals surface area contributed by atoms with Crippen molar-refractivity contribution >= 4 is 15.9 Å². The summed E-state index contributed by atoms with van der Waals surface area (Å²) in [6, 6.07) is 0. The number of likely N-dealkylation sites (tertiary alicyclic amines) is 1. The molecule has 1 aliphatic carbocycles. The van der Waals surface area contributed by atoms with Crippen LogP contribution in [0.4, 0.5) is 0 Å². The lowest BCUT2D eigenvalue weighted by molar-refractivity contribution is -0.138. The van der Waals surface area contributed by atoms with Crippen LogP contribution in [0.3, 0.4) is 0 Å². The van der Waals surface area contributed by atoms with Crippen LogP contribution in [0.5, 0.6) is 0 Å². The predicted octanol–water partition coefficient (Wildman–Crippen LogP) is 1.34. The summed E-state index contributed by atoms with van der Waals surface area (Å²) in [5.41, 5.74) is -0.737. The number of amides is 1. The largest absolute Gasteiger partial charge is 0.360 e. The first-order chi connectivity index (χ1) is 12.8. The standard InChI is InChI=1S/C18H30N4O4S/c1-13-16(14(2)26-20-13)27(24,25)21-18(8-4-5-9-18)17(23)22-10-6-15(7-11-22)12-19-3/h15,19,21H,4-12H2,1-3H3. The summed E-state index contributed by atoms with van der Waals surface area (Å²) in [7, 11) is -1.95. The second kappa shape index (κ2) is 7.89. The van der Waals surface area contributed by atoms with E-state index < -0.39 is 15.6 Å². The zero-order chi connectivity index (χ0) is 19.7. The van der Waals surface area contributed by atoms with Crippen molar-refractivity contribution in [3.8, 4) is 0 Å². The molecular weight excluding hydrogens is 368 g/mol. The fraction of sp³-hybridized carbons (Fsp3) is 0.778. The lowest BCUT2D eigenvalue weighted by Crippen LogP contribution is -2.59. The minimum absolute atomic E-state index is 0.0503. The van der Waals surface area contributed by atoms with E-state index >= 15 is 0 Å². The van der Waals surface area contributed by atoms with Crippen LogP contribution in [-0.2, 0) is 14.8 Å². The van der Waals surface area contributed by atoms with Gasteiger partial charge < -0.3 is 14.7 Å². The van der Waals surface area contributed by atoms with Crippen LogP contribution in [0.25, 0.3) is 0 Å². The number of rotatable bonds is 6. The first kappa shape index (κ1) is 20.3. The molecule has 152 valence electrons. The molecule has 0 bridgehead atoms. The number of aromatic nitrogens is 1. The summed E-state index contributed by atoms with van der Waals surface area (Å²) < 4.78 is 33.8. The molecule has 3 rings (SSSR count). The van der Waals surface area contributed by atoms with Crippen LogP contribution >= 0.6 is 0 Å². The van der Waals surface area contributed by atoms with Crippen LogP contribution in [0.2, 0.25) is 0 Å². The van der Waals surface area contributed by atoms with Gasteiger partial charge in [0.1, 0.15) is 16.1 Å². The van der Waals surface area contributed by atoms with Gasteiger partial charge in [0, 0.05) is 13.1 Å². The number of aryl methyl sites for hydroxylation is 2. The number of hydrogen-bond acceptors (Lipinski definition) is 6. The van der Waals surface area contributed by atoms with E-state index in [0.717, 1.165) is 32.2 Å². The maximum Gasteiger partial charge on any atom is 0.246 e. The quantitative estimate of drug-likeness (QED) is 0.749. The zero-order valence-electron chi connectivity index (χ0n) is 16.4. The Morgan fingerprint density at radius 3 is 2.41 bits per heavy atom. The van der Waals surface area contributed by atoms with E-state index in [2.05, 4.69) is 15.2 Å². The molecule has 1 aromatic rings. The topological polar surface area (TPSA) is 105 Å². The van der Waals surface area contributed by atoms with Crippen LogP contribution in [-0.4, -0.2) is 56.6 Å². The molecule has 1 aliphatic heterocycles. The number of sulfonamides is 1. The molecule has 2 heterocycles. The first-order valence-corrected chi connectivity index (χ1v) is 11.2. The van der Waals surface area contributed by atoms with Gasteiger partial charge in [-0.2, -0.15) is 4.72 Å². The number of piperidine rings is 1. The Morgan fingerprint density at radius 1 is 1.26 bits per heavy atom. The lowest BCUT2D eigenvalue weighted by atomic mass is 9.92. The molecule has 0 spiro atoms. The molecule has 0 radical (unpaired) electrons. The van der Waals surface area contributed by atoms with E-state index in [9.17, 15) is 13.2 Å². The Kier molecular flexibility index (Phi) is 5.93. The fourth-order valence-electron chi connectivity index (χ4n) is 4.44. The van der Waals surface area contributed by atoms with Gasteiger partial charge in [-0.3, -0.25) is 4.79 Å². The number of nitrogens with one attached hydrogen (secondary N) is 2. The highest BCUT2D eigenvalue weighted by Crippen LogP contribution is 2.35. The molecular formula is C18H30N4O4S. The summed E-state index contributed by atoms with van der Waals surface area (Å²) in [4.78, 5) is 15.2. The third kappa shape index (κ3) is 4.05. The van der Waals surface area contributed by atoms with Crippen molar-refractivity contribution < 1.29 is 17.7 Å². The highest BCUT2D eigenvalue weighted by Gasteiger charge is 2.47. The van der Waals surface area contributed by atoms with Crippen molar-refractivity contribution in [3.05, 3.63) is 11.5 Å². The normalized spacial score (nSPS) is 20.9. The molecule has 0 atom stereocenters. The Hall–Kier alpha value is -1.45. The molecule has 9 heteroatoms. The predicted molar refractivity (Wildman–Crippen MR) is 101 cm³/mol. The van der Waals surface area contributed by atoms with Gasteiger partial charge in [-0.1, -0.05) is 18.0 Å². The molecule has 0 unspecified atom stereocenters. The molecule has 2 fully saturated rings. The van der Waals surface area contributed by atoms with E-state index in [1.807, 2.05) is 11.9 Å². The molecule has 27 heavy (non-hydrogen) atoms. The van der Waals surface area contributed by atoms with Gasteiger partial charge in [0.15, 0.2) is 5.76 Å². The van der Waals surface area contributed by atoms with Crippen molar-refractivity contribution in [1.82, 2.24) is 20.1 Å². The molecule has 1 saturated heterocycles. The highest BCUT2D eigenvalue weighted by atomic mass is 32.2. The van der Waals surface area contributed by atoms with Crippen molar-refractivity contribution in [1.29, 1.82) is 0 Å². The molecule has 1 amide bonds. The number of hydrogen-bond donors (Lipinski definition) is 2. The molecule has 2 aliphatic rings. The smallest absolute Gasteiger partial charge is 0.246 e. The van der Waals surface area contributed by atoms with Gasteiger partial charge in [-0.25, -0.2) is 8.42 Å². The lowest BCUT2D eigenvalue weighted by Gasteiger charge is -2.38. The van der Waals surface area contributed by atoms with Crippen LogP contribution in [0.1, 0.15) is 50.0 Å². The van der Waals surface area contributed by atoms with Crippen molar-refractivity contribution in [2.75, 3.05) is 26.7 Å². The second-order valence-corrected chi connectivity index (χ2v) is 9.46. The van der Waals surface area contributed by atoms with Gasteiger partial charge in [0.2, 0.25) is 15.9 Å². The minimum Gasteiger partial charge on any atom is -0.360 e. The fourth-order valence-corrected chi connectivity index (χ4v) is 6.19. The Morgan fingerprint density at radius 2 is 1.89 bits per heavy atom. The highest BCUT2D eigenvalue weighted by molar-refractivity contribution is 7.89. The van der Waals surface area contributed by atoms with E-state index in [1.165, 1.54) is 0 Å². The van der Waals surface area contributed by atoms with E-state index in [4.69, 9.17) is 4.52 Å². The van der Waals surface area contributed by atoms with Gasteiger partial charge in [-0.05, 0) is 59.0 Å². The summed E-state index contributed by atoms with van der Waals surface area (Å²) in [6.45, 7) is 5.48. The number of carbonyl (C=O) groups is 1. The Balaban J connectivity index is 1.79. The maximum absolute atomic E-state index is 13.3. The van der Waals surface area contributed by atoms with Crippen LogP contribution < -0.4 is 10.0 Å². The van der Waals surface area contributed by atoms with Crippen LogP contribution in [0, 0.1) is 19.8 Å². The summed E-state index contributed by atoms with van der Waals surface area (Å²) in [6.07, 6.45) is 4.63. The average molecular weight is 399 g/mol. The van der Waals surface area contributed by atoms with Crippen molar-refractivity contribution in [2.24, 2.45) is 5.92 Å². The summed E-state index contributed by atoms with van der Waals surface area (Å²) in [5, 5.41) is 6.94. The van der Waals surface area contributed by atoms with Crippen molar-refractivity contribution in [2.45, 2.75) is 62.8 Å². The molecule has 2 N–H and O–H groups in total. The number of nitrogens with zero attached hydrogens (tertiary/aromatic N) is 2. The molecule has 1 saturated carbocycles. The third-order valence-corrected chi connectivity index (χ3v) is 7.61. The molecule has 0 aromatic carbocycles. The number of carbonyl (C=O) groups excluding carboxylic acids is 1. The Bertz CT molecular complexity index is 756. The second-order valence-electron chi connectivity index (χ2n) is 7.84. The minimum atomic E-state index is -3.89. The van der Waals surface area contributed by atoms with E-state index in [1.54, 1.807) is 13.8 Å². The average Bonchev–Trinajstić information content (AvgIpc) is 3.22.